The molecule has 0 saturated carbocycles. The highest BCUT2D eigenvalue weighted by Crippen LogP contribution is 2.19. The molecule has 0 radical (unpaired) electrons. The second-order valence-corrected chi connectivity index (χ2v) is 6.87. The van der Waals surface area contributed by atoms with Crippen molar-refractivity contribution in [1.29, 1.82) is 0 Å². The van der Waals surface area contributed by atoms with Crippen LogP contribution in [-0.2, 0) is 30.0 Å². The van der Waals surface area contributed by atoms with E-state index in [9.17, 15) is 8.42 Å². The lowest BCUT2D eigenvalue weighted by atomic mass is 10.4. The van der Waals surface area contributed by atoms with Gasteiger partial charge in [-0.1, -0.05) is 0 Å². The third-order valence-corrected chi connectivity index (χ3v) is 5.37. The van der Waals surface area contributed by atoms with Gasteiger partial charge in [0.2, 0.25) is 10.0 Å². The van der Waals surface area contributed by atoms with Gasteiger partial charge < -0.3 is 5.73 Å². The van der Waals surface area contributed by atoms with Gasteiger partial charge in [0.15, 0.2) is 5.82 Å². The van der Waals surface area contributed by atoms with E-state index in [4.69, 9.17) is 5.73 Å². The summed E-state index contributed by atoms with van der Waals surface area (Å²) in [5.74, 6) is 0.610. The summed E-state index contributed by atoms with van der Waals surface area (Å²) in [4.78, 5) is 4.03. The number of aryl methyl sites for hydroxylation is 1. The predicted molar refractivity (Wildman–Crippen MR) is 72.1 cm³/mol. The minimum absolute atomic E-state index is 0.266. The van der Waals surface area contributed by atoms with Crippen molar-refractivity contribution in [2.24, 2.45) is 12.8 Å². The van der Waals surface area contributed by atoms with Gasteiger partial charge in [-0.2, -0.15) is 5.10 Å². The van der Waals surface area contributed by atoms with Crippen LogP contribution >= 0.6 is 11.3 Å². The molecule has 104 valence electrons. The molecule has 3 N–H and O–H groups in total. The van der Waals surface area contributed by atoms with Crippen LogP contribution in [0, 0.1) is 0 Å². The number of aromatic nitrogens is 3. The number of nitrogens with zero attached hydrogens (tertiary/aromatic N) is 3. The summed E-state index contributed by atoms with van der Waals surface area (Å²) in [6, 6.07) is 1.59. The largest absolute Gasteiger partial charge is 0.326 e. The lowest BCUT2D eigenvalue weighted by Crippen LogP contribution is -2.25. The summed E-state index contributed by atoms with van der Waals surface area (Å²) in [6.07, 6.45) is 2.03. The Morgan fingerprint density at radius 3 is 2.89 bits per heavy atom. The van der Waals surface area contributed by atoms with Crippen LogP contribution in [0.1, 0.15) is 11.4 Å². The first kappa shape index (κ1) is 14.1. The highest BCUT2D eigenvalue weighted by molar-refractivity contribution is 7.91. The molecule has 7 nitrogen and oxygen atoms in total. The van der Waals surface area contributed by atoms with Gasteiger partial charge in [0.25, 0.3) is 0 Å². The fourth-order valence-electron chi connectivity index (χ4n) is 1.47. The molecule has 9 heteroatoms. The van der Waals surface area contributed by atoms with Crippen molar-refractivity contribution in [1.82, 2.24) is 19.5 Å². The molecule has 2 aromatic rings. The molecule has 0 aromatic carbocycles. The van der Waals surface area contributed by atoms with E-state index in [1.54, 1.807) is 29.5 Å². The normalized spacial score (nSPS) is 11.9. The quantitative estimate of drug-likeness (QED) is 0.773. The first-order valence-corrected chi connectivity index (χ1v) is 7.99. The van der Waals surface area contributed by atoms with Gasteiger partial charge in [-0.05, 0) is 17.0 Å². The van der Waals surface area contributed by atoms with Crippen molar-refractivity contribution in [3.63, 3.8) is 0 Å². The molecule has 0 atom stereocenters. The molecule has 0 bridgehead atoms. The molecular formula is C10H15N5O2S2. The summed E-state index contributed by atoms with van der Waals surface area (Å²) in [5, 5.41) is 5.82. The summed E-state index contributed by atoms with van der Waals surface area (Å²) in [6.45, 7) is 0.603. The Morgan fingerprint density at radius 1 is 1.53 bits per heavy atom. The third kappa shape index (κ3) is 3.60. The Balaban J connectivity index is 1.94. The van der Waals surface area contributed by atoms with Crippen molar-refractivity contribution < 1.29 is 8.42 Å². The van der Waals surface area contributed by atoms with Crippen LogP contribution in [0.3, 0.4) is 0 Å². The Kier molecular flexibility index (Phi) is 4.30. The Labute approximate surface area is 115 Å². The maximum atomic E-state index is 12.0. The van der Waals surface area contributed by atoms with E-state index < -0.39 is 10.0 Å². The maximum Gasteiger partial charge on any atom is 0.250 e. The maximum absolute atomic E-state index is 12.0. The molecule has 0 aliphatic heterocycles. The predicted octanol–water partition coefficient (Wildman–Crippen LogP) is -0.144. The van der Waals surface area contributed by atoms with Crippen LogP contribution in [0.15, 0.2) is 22.0 Å². The van der Waals surface area contributed by atoms with Crippen LogP contribution in [0.5, 0.6) is 0 Å². The van der Waals surface area contributed by atoms with Gasteiger partial charge in [0.1, 0.15) is 10.5 Å². The van der Waals surface area contributed by atoms with E-state index in [1.165, 1.54) is 11.3 Å². The van der Waals surface area contributed by atoms with Crippen molar-refractivity contribution in [2.75, 3.05) is 6.54 Å². The van der Waals surface area contributed by atoms with E-state index >= 15 is 0 Å². The van der Waals surface area contributed by atoms with Gasteiger partial charge in [0.05, 0.1) is 0 Å². The van der Waals surface area contributed by atoms with Crippen molar-refractivity contribution in [2.45, 2.75) is 17.2 Å². The van der Waals surface area contributed by atoms with Gasteiger partial charge in [-0.25, -0.2) is 18.1 Å². The van der Waals surface area contributed by atoms with Crippen molar-refractivity contribution >= 4 is 21.4 Å². The van der Waals surface area contributed by atoms with Crippen LogP contribution in [0.25, 0.3) is 0 Å². The molecule has 0 aliphatic rings. The number of nitrogens with two attached hydrogens (primary N) is 1. The highest BCUT2D eigenvalue weighted by Gasteiger charge is 2.16. The average molecular weight is 301 g/mol. The molecule has 0 unspecified atom stereocenters. The minimum atomic E-state index is -3.46. The summed E-state index contributed by atoms with van der Waals surface area (Å²) < 4.78 is 28.3. The lowest BCUT2D eigenvalue weighted by Gasteiger charge is -2.02. The Morgan fingerprint density at radius 2 is 2.32 bits per heavy atom. The average Bonchev–Trinajstić information content (AvgIpc) is 2.98. The fourth-order valence-corrected chi connectivity index (χ4v) is 3.77. The Bertz CT molecular complexity index is 646. The van der Waals surface area contributed by atoms with Crippen LogP contribution in [0.2, 0.25) is 0 Å². The molecule has 19 heavy (non-hydrogen) atoms. The van der Waals surface area contributed by atoms with E-state index in [1.807, 2.05) is 0 Å². The van der Waals surface area contributed by atoms with E-state index in [0.717, 1.165) is 5.56 Å². The van der Waals surface area contributed by atoms with Crippen molar-refractivity contribution in [3.05, 3.63) is 29.2 Å². The minimum Gasteiger partial charge on any atom is -0.326 e. The molecule has 0 saturated heterocycles. The second kappa shape index (κ2) is 5.78. The van der Waals surface area contributed by atoms with E-state index in [0.29, 0.717) is 18.8 Å². The first-order chi connectivity index (χ1) is 9.01. The van der Waals surface area contributed by atoms with Gasteiger partial charge in [0, 0.05) is 26.6 Å². The van der Waals surface area contributed by atoms with Crippen LogP contribution < -0.4 is 10.5 Å². The number of hydrogen-bond acceptors (Lipinski definition) is 6. The zero-order valence-corrected chi connectivity index (χ0v) is 12.0. The SMILES string of the molecule is Cn1cnc(CCNS(=O)(=O)c2cc(CN)cs2)n1. The number of sulfonamides is 1. The molecule has 2 rings (SSSR count). The smallest absolute Gasteiger partial charge is 0.250 e. The van der Waals surface area contributed by atoms with Gasteiger partial charge >= 0.3 is 0 Å². The fraction of sp³-hybridized carbons (Fsp3) is 0.400. The second-order valence-electron chi connectivity index (χ2n) is 3.96. The summed E-state index contributed by atoms with van der Waals surface area (Å²) in [5.41, 5.74) is 6.27. The molecule has 2 heterocycles. The summed E-state index contributed by atoms with van der Waals surface area (Å²) >= 11 is 1.17. The number of nitrogens with one attached hydrogen (secondary N) is 1. The molecular weight excluding hydrogens is 286 g/mol. The number of rotatable bonds is 6. The molecule has 2 aromatic heterocycles. The Hall–Kier alpha value is -1.29. The third-order valence-electron chi connectivity index (χ3n) is 2.42. The zero-order valence-electron chi connectivity index (χ0n) is 10.4. The first-order valence-electron chi connectivity index (χ1n) is 5.63. The monoisotopic (exact) mass is 301 g/mol. The molecule has 0 aliphatic carbocycles. The van der Waals surface area contributed by atoms with Gasteiger partial charge in [-0.3, -0.25) is 4.68 Å². The lowest BCUT2D eigenvalue weighted by molar-refractivity contribution is 0.582. The highest BCUT2D eigenvalue weighted by atomic mass is 32.2. The van der Waals surface area contributed by atoms with E-state index in [-0.39, 0.29) is 10.8 Å². The van der Waals surface area contributed by atoms with E-state index in [2.05, 4.69) is 14.8 Å². The number of thiophene rings is 1. The molecule has 0 spiro atoms. The van der Waals surface area contributed by atoms with Crippen LogP contribution in [-0.4, -0.2) is 29.7 Å². The van der Waals surface area contributed by atoms with Crippen LogP contribution in [0.4, 0.5) is 0 Å². The molecule has 0 fully saturated rings. The molecule has 0 amide bonds. The number of hydrogen-bond donors (Lipinski definition) is 2. The standard InChI is InChI=1S/C10H15N5O2S2/c1-15-7-12-9(14-15)2-3-13-19(16,17)10-4-8(5-11)6-18-10/h4,6-7,13H,2-3,5,11H2,1H3. The summed E-state index contributed by atoms with van der Waals surface area (Å²) in [7, 11) is -1.70. The zero-order chi connectivity index (χ0) is 13.9. The van der Waals surface area contributed by atoms with Crippen molar-refractivity contribution in [3.8, 4) is 0 Å². The topological polar surface area (TPSA) is 103 Å². The van der Waals surface area contributed by atoms with Gasteiger partial charge in [-0.15, -0.1) is 11.3 Å².